The van der Waals surface area contributed by atoms with E-state index in [-0.39, 0.29) is 12.0 Å². The van der Waals surface area contributed by atoms with Gasteiger partial charge in [-0.1, -0.05) is 0 Å². The van der Waals surface area contributed by atoms with Crippen LogP contribution in [0.15, 0.2) is 0 Å². The normalized spacial score (nSPS) is 31.9. The van der Waals surface area contributed by atoms with Gasteiger partial charge in [-0.3, -0.25) is 4.79 Å². The van der Waals surface area contributed by atoms with Gasteiger partial charge in [0.15, 0.2) is 0 Å². The molecule has 0 saturated carbocycles. The van der Waals surface area contributed by atoms with Crippen LogP contribution in [-0.4, -0.2) is 50.2 Å². The number of hydrogen-bond acceptors (Lipinski definition) is 3. The second-order valence-corrected chi connectivity index (χ2v) is 4.47. The first-order valence-electron chi connectivity index (χ1n) is 5.83. The molecule has 2 rings (SSSR count). The number of carbonyl (C=O) groups excluding carboxylic acids is 1. The van der Waals surface area contributed by atoms with Crippen LogP contribution >= 0.6 is 0 Å². The first kappa shape index (κ1) is 10.9. The summed E-state index contributed by atoms with van der Waals surface area (Å²) in [5, 5.41) is 3.29. The van der Waals surface area contributed by atoms with E-state index < -0.39 is 0 Å². The third-order valence-corrected chi connectivity index (χ3v) is 3.44. The summed E-state index contributed by atoms with van der Waals surface area (Å²) >= 11 is 0. The number of amides is 1. The van der Waals surface area contributed by atoms with Crippen molar-refractivity contribution < 1.29 is 9.53 Å². The Hall–Kier alpha value is -0.610. The number of likely N-dealkylation sites (tertiary alicyclic amines) is 1. The number of carbonyl (C=O) groups is 1. The van der Waals surface area contributed by atoms with Gasteiger partial charge in [-0.25, -0.2) is 0 Å². The molecular formula is C11H20N2O2. The number of rotatable bonds is 2. The number of nitrogens with zero attached hydrogens (tertiary/aromatic N) is 1. The van der Waals surface area contributed by atoms with Crippen molar-refractivity contribution in [2.75, 3.05) is 33.3 Å². The third-order valence-electron chi connectivity index (χ3n) is 3.44. The molecule has 2 unspecified atom stereocenters. The standard InChI is InChI=1S/C11H20N2O2/c1-15-10-4-6-13(8-10)11(14)9-3-2-5-12-7-9/h9-10,12H,2-8H2,1H3. The van der Waals surface area contributed by atoms with Gasteiger partial charge in [0.05, 0.1) is 12.0 Å². The van der Waals surface area contributed by atoms with E-state index in [0.29, 0.717) is 5.91 Å². The van der Waals surface area contributed by atoms with Crippen LogP contribution in [0.2, 0.25) is 0 Å². The number of nitrogens with one attached hydrogen (secondary N) is 1. The Balaban J connectivity index is 1.85. The maximum absolute atomic E-state index is 12.1. The highest BCUT2D eigenvalue weighted by molar-refractivity contribution is 5.79. The van der Waals surface area contributed by atoms with E-state index in [1.807, 2.05) is 4.90 Å². The highest BCUT2D eigenvalue weighted by Crippen LogP contribution is 2.18. The Morgan fingerprint density at radius 1 is 1.47 bits per heavy atom. The van der Waals surface area contributed by atoms with Crippen LogP contribution in [0.4, 0.5) is 0 Å². The maximum Gasteiger partial charge on any atom is 0.227 e. The fourth-order valence-corrected chi connectivity index (χ4v) is 2.44. The van der Waals surface area contributed by atoms with E-state index in [0.717, 1.165) is 45.4 Å². The third kappa shape index (κ3) is 2.49. The van der Waals surface area contributed by atoms with Crippen molar-refractivity contribution in [3.63, 3.8) is 0 Å². The monoisotopic (exact) mass is 212 g/mol. The lowest BCUT2D eigenvalue weighted by molar-refractivity contribution is -0.135. The van der Waals surface area contributed by atoms with Crippen LogP contribution in [0.5, 0.6) is 0 Å². The van der Waals surface area contributed by atoms with Gasteiger partial charge in [-0.15, -0.1) is 0 Å². The predicted molar refractivity (Wildman–Crippen MR) is 57.6 cm³/mol. The molecule has 4 nitrogen and oxygen atoms in total. The summed E-state index contributed by atoms with van der Waals surface area (Å²) in [6, 6.07) is 0. The van der Waals surface area contributed by atoms with E-state index in [1.165, 1.54) is 0 Å². The van der Waals surface area contributed by atoms with Gasteiger partial charge in [0.2, 0.25) is 5.91 Å². The zero-order chi connectivity index (χ0) is 10.7. The topological polar surface area (TPSA) is 41.6 Å². The SMILES string of the molecule is COC1CCN(C(=O)C2CCCNC2)C1. The molecule has 0 aromatic rings. The molecule has 0 radical (unpaired) electrons. The number of hydrogen-bond donors (Lipinski definition) is 1. The molecule has 2 heterocycles. The molecule has 4 heteroatoms. The van der Waals surface area contributed by atoms with Gasteiger partial charge in [-0.2, -0.15) is 0 Å². The predicted octanol–water partition coefficient (Wildman–Crippen LogP) is 0.233. The Kier molecular flexibility index (Phi) is 3.59. The summed E-state index contributed by atoms with van der Waals surface area (Å²) in [5.74, 6) is 0.524. The van der Waals surface area contributed by atoms with Crippen molar-refractivity contribution in [3.8, 4) is 0 Å². The second kappa shape index (κ2) is 4.94. The molecule has 1 N–H and O–H groups in total. The van der Waals surface area contributed by atoms with Crippen molar-refractivity contribution in [2.24, 2.45) is 5.92 Å². The Bertz CT molecular complexity index is 227. The van der Waals surface area contributed by atoms with Crippen LogP contribution in [0.25, 0.3) is 0 Å². The minimum Gasteiger partial charge on any atom is -0.380 e. The molecule has 0 aromatic heterocycles. The van der Waals surface area contributed by atoms with Crippen molar-refractivity contribution in [1.29, 1.82) is 0 Å². The van der Waals surface area contributed by atoms with Crippen LogP contribution < -0.4 is 5.32 Å². The van der Waals surface area contributed by atoms with E-state index in [2.05, 4.69) is 5.32 Å². The van der Waals surface area contributed by atoms with Crippen LogP contribution in [0.1, 0.15) is 19.3 Å². The smallest absolute Gasteiger partial charge is 0.227 e. The lowest BCUT2D eigenvalue weighted by atomic mass is 9.98. The summed E-state index contributed by atoms with van der Waals surface area (Å²) in [7, 11) is 1.72. The molecule has 86 valence electrons. The molecule has 0 bridgehead atoms. The van der Waals surface area contributed by atoms with Crippen LogP contribution in [0, 0.1) is 5.92 Å². The van der Waals surface area contributed by atoms with E-state index in [4.69, 9.17) is 4.74 Å². The zero-order valence-corrected chi connectivity index (χ0v) is 9.37. The molecule has 2 aliphatic rings. The van der Waals surface area contributed by atoms with E-state index in [1.54, 1.807) is 7.11 Å². The molecular weight excluding hydrogens is 192 g/mol. The van der Waals surface area contributed by atoms with Gasteiger partial charge in [0.1, 0.15) is 0 Å². The first-order chi connectivity index (χ1) is 7.31. The number of piperidine rings is 1. The Labute approximate surface area is 91.0 Å². The summed E-state index contributed by atoms with van der Waals surface area (Å²) in [6.45, 7) is 3.57. The van der Waals surface area contributed by atoms with Gasteiger partial charge >= 0.3 is 0 Å². The summed E-state index contributed by atoms with van der Waals surface area (Å²) in [5.41, 5.74) is 0. The maximum atomic E-state index is 12.1. The minimum absolute atomic E-state index is 0.203. The first-order valence-corrected chi connectivity index (χ1v) is 5.83. The molecule has 0 aliphatic carbocycles. The number of methoxy groups -OCH3 is 1. The lowest BCUT2D eigenvalue weighted by Crippen LogP contribution is -2.42. The average Bonchev–Trinajstić information content (AvgIpc) is 2.78. The zero-order valence-electron chi connectivity index (χ0n) is 9.37. The largest absolute Gasteiger partial charge is 0.380 e. The van der Waals surface area contributed by atoms with Gasteiger partial charge < -0.3 is 15.0 Å². The van der Waals surface area contributed by atoms with Crippen LogP contribution in [-0.2, 0) is 9.53 Å². The molecule has 0 spiro atoms. The van der Waals surface area contributed by atoms with Crippen molar-refractivity contribution in [2.45, 2.75) is 25.4 Å². The highest BCUT2D eigenvalue weighted by Gasteiger charge is 2.31. The van der Waals surface area contributed by atoms with Gasteiger partial charge in [0.25, 0.3) is 0 Å². The molecule has 15 heavy (non-hydrogen) atoms. The Morgan fingerprint density at radius 3 is 2.93 bits per heavy atom. The van der Waals surface area contributed by atoms with Crippen molar-refractivity contribution >= 4 is 5.91 Å². The van der Waals surface area contributed by atoms with Gasteiger partial charge in [-0.05, 0) is 25.8 Å². The molecule has 2 aliphatic heterocycles. The number of ether oxygens (including phenoxy) is 1. The average molecular weight is 212 g/mol. The fourth-order valence-electron chi connectivity index (χ4n) is 2.44. The summed E-state index contributed by atoms with van der Waals surface area (Å²) in [6.07, 6.45) is 3.41. The van der Waals surface area contributed by atoms with Crippen LogP contribution in [0.3, 0.4) is 0 Å². The second-order valence-electron chi connectivity index (χ2n) is 4.47. The molecule has 2 saturated heterocycles. The van der Waals surface area contributed by atoms with E-state index >= 15 is 0 Å². The quantitative estimate of drug-likeness (QED) is 0.712. The minimum atomic E-state index is 0.203. The van der Waals surface area contributed by atoms with Crippen molar-refractivity contribution in [3.05, 3.63) is 0 Å². The molecule has 2 atom stereocenters. The Morgan fingerprint density at radius 2 is 2.33 bits per heavy atom. The summed E-state index contributed by atoms with van der Waals surface area (Å²) in [4.78, 5) is 14.1. The fraction of sp³-hybridized carbons (Fsp3) is 0.909. The molecule has 0 aromatic carbocycles. The summed E-state index contributed by atoms with van der Waals surface area (Å²) < 4.78 is 5.27. The highest BCUT2D eigenvalue weighted by atomic mass is 16.5. The molecule has 1 amide bonds. The van der Waals surface area contributed by atoms with Gasteiger partial charge in [0, 0.05) is 26.7 Å². The molecule has 2 fully saturated rings. The lowest BCUT2D eigenvalue weighted by Gasteiger charge is -2.26. The van der Waals surface area contributed by atoms with Crippen molar-refractivity contribution in [1.82, 2.24) is 10.2 Å². The van der Waals surface area contributed by atoms with E-state index in [9.17, 15) is 4.79 Å².